The minimum atomic E-state index is -0.423. The average molecular weight is 214 g/mol. The van der Waals surface area contributed by atoms with Crippen molar-refractivity contribution >= 4 is 38.7 Å². The Kier molecular flexibility index (Phi) is 1.94. The molecule has 0 aliphatic carbocycles. The molecule has 66 valence electrons. The molecule has 1 aromatic heterocycles. The van der Waals surface area contributed by atoms with E-state index in [1.165, 1.54) is 23.5 Å². The number of nitrogens with zero attached hydrogens (tertiary/aromatic N) is 1. The first kappa shape index (κ1) is 8.47. The molecule has 0 unspecified atom stereocenters. The molecule has 0 saturated heterocycles. The van der Waals surface area contributed by atoms with Gasteiger partial charge in [0.05, 0.1) is 9.95 Å². The zero-order valence-corrected chi connectivity index (χ0v) is 7.93. The van der Waals surface area contributed by atoms with Crippen LogP contribution in [-0.2, 0) is 0 Å². The zero-order valence-electron chi connectivity index (χ0n) is 6.36. The summed E-state index contributed by atoms with van der Waals surface area (Å²) in [6.07, 6.45) is 0. The molecule has 2 rings (SSSR count). The van der Waals surface area contributed by atoms with Gasteiger partial charge in [0, 0.05) is 27.6 Å². The topological polar surface area (TPSA) is 43.1 Å². The lowest BCUT2D eigenvalue weighted by atomic mass is 10.2. The third kappa shape index (κ3) is 1.38. The number of benzene rings is 1. The SMILES string of the molecule is O=[N+]([O-])c1ccc2scc(Cl)c2c1. The van der Waals surface area contributed by atoms with E-state index < -0.39 is 4.92 Å². The van der Waals surface area contributed by atoms with Gasteiger partial charge in [0.1, 0.15) is 0 Å². The van der Waals surface area contributed by atoms with Gasteiger partial charge < -0.3 is 0 Å². The Bertz CT molecular complexity index is 480. The molecular weight excluding hydrogens is 210 g/mol. The van der Waals surface area contributed by atoms with Crippen molar-refractivity contribution in [3.63, 3.8) is 0 Å². The van der Waals surface area contributed by atoms with Crippen molar-refractivity contribution in [2.75, 3.05) is 0 Å². The number of halogens is 1. The van der Waals surface area contributed by atoms with E-state index in [9.17, 15) is 10.1 Å². The van der Waals surface area contributed by atoms with Crippen LogP contribution in [0.25, 0.3) is 10.1 Å². The van der Waals surface area contributed by atoms with Gasteiger partial charge in [0.25, 0.3) is 5.69 Å². The van der Waals surface area contributed by atoms with Gasteiger partial charge in [-0.15, -0.1) is 11.3 Å². The second kappa shape index (κ2) is 2.97. The largest absolute Gasteiger partial charge is 0.270 e. The molecule has 3 nitrogen and oxygen atoms in total. The smallest absolute Gasteiger partial charge is 0.258 e. The van der Waals surface area contributed by atoms with Crippen LogP contribution in [0.15, 0.2) is 23.6 Å². The maximum Gasteiger partial charge on any atom is 0.270 e. The second-order valence-electron chi connectivity index (χ2n) is 2.52. The van der Waals surface area contributed by atoms with Gasteiger partial charge in [-0.2, -0.15) is 0 Å². The van der Waals surface area contributed by atoms with Crippen LogP contribution < -0.4 is 0 Å². The summed E-state index contributed by atoms with van der Waals surface area (Å²) in [5.74, 6) is 0. The predicted molar refractivity (Wildman–Crippen MR) is 53.5 cm³/mol. The normalized spacial score (nSPS) is 10.5. The van der Waals surface area contributed by atoms with Crippen LogP contribution in [0.3, 0.4) is 0 Å². The summed E-state index contributed by atoms with van der Waals surface area (Å²) in [5, 5.41) is 13.5. The van der Waals surface area contributed by atoms with E-state index in [0.29, 0.717) is 5.02 Å². The molecule has 0 N–H and O–H groups in total. The highest BCUT2D eigenvalue weighted by atomic mass is 35.5. The molecular formula is C8H4ClNO2S. The highest BCUT2D eigenvalue weighted by Gasteiger charge is 2.08. The monoisotopic (exact) mass is 213 g/mol. The highest BCUT2D eigenvalue weighted by Crippen LogP contribution is 2.32. The lowest BCUT2D eigenvalue weighted by Gasteiger charge is -1.91. The maximum atomic E-state index is 10.4. The first-order valence-corrected chi connectivity index (χ1v) is 4.75. The summed E-state index contributed by atoms with van der Waals surface area (Å²) in [6, 6.07) is 4.69. The van der Waals surface area contributed by atoms with Crippen molar-refractivity contribution in [2.45, 2.75) is 0 Å². The molecule has 2 aromatic rings. The van der Waals surface area contributed by atoms with Crippen molar-refractivity contribution in [1.82, 2.24) is 0 Å². The molecule has 0 fully saturated rings. The summed E-state index contributed by atoms with van der Waals surface area (Å²) in [7, 11) is 0. The summed E-state index contributed by atoms with van der Waals surface area (Å²) < 4.78 is 0.968. The van der Waals surface area contributed by atoms with Crippen LogP contribution >= 0.6 is 22.9 Å². The highest BCUT2D eigenvalue weighted by molar-refractivity contribution is 7.17. The summed E-state index contributed by atoms with van der Waals surface area (Å²) in [5.41, 5.74) is 0.0767. The molecule has 0 spiro atoms. The fraction of sp³-hybridized carbons (Fsp3) is 0. The minimum absolute atomic E-state index is 0.0767. The third-order valence-electron chi connectivity index (χ3n) is 1.72. The molecule has 0 bridgehead atoms. The van der Waals surface area contributed by atoms with E-state index in [-0.39, 0.29) is 5.69 Å². The number of non-ortho nitro benzene ring substituents is 1. The molecule has 0 saturated carbocycles. The molecule has 0 aliphatic rings. The number of nitro groups is 1. The van der Waals surface area contributed by atoms with E-state index in [2.05, 4.69) is 0 Å². The molecule has 13 heavy (non-hydrogen) atoms. The second-order valence-corrected chi connectivity index (χ2v) is 3.84. The first-order valence-electron chi connectivity index (χ1n) is 3.49. The van der Waals surface area contributed by atoms with E-state index in [1.54, 1.807) is 11.4 Å². The Morgan fingerprint density at radius 2 is 2.23 bits per heavy atom. The van der Waals surface area contributed by atoms with E-state index in [1.807, 2.05) is 0 Å². The Labute approximate surface area is 82.7 Å². The van der Waals surface area contributed by atoms with Gasteiger partial charge >= 0.3 is 0 Å². The average Bonchev–Trinajstić information content (AvgIpc) is 2.47. The number of nitro benzene ring substituents is 1. The van der Waals surface area contributed by atoms with Crippen LogP contribution in [-0.4, -0.2) is 4.92 Å². The summed E-state index contributed by atoms with van der Waals surface area (Å²) in [4.78, 5) is 10.0. The standard InChI is InChI=1S/C8H4ClNO2S/c9-7-4-13-8-2-1-5(10(11)12)3-6(7)8/h1-4H. The van der Waals surface area contributed by atoms with Gasteiger partial charge in [0.15, 0.2) is 0 Å². The Morgan fingerprint density at radius 1 is 1.46 bits per heavy atom. The van der Waals surface area contributed by atoms with Crippen molar-refractivity contribution in [1.29, 1.82) is 0 Å². The molecule has 5 heteroatoms. The van der Waals surface area contributed by atoms with Crippen LogP contribution in [0.1, 0.15) is 0 Å². The number of hydrogen-bond acceptors (Lipinski definition) is 3. The van der Waals surface area contributed by atoms with Crippen molar-refractivity contribution in [3.05, 3.63) is 38.7 Å². The van der Waals surface area contributed by atoms with Crippen molar-refractivity contribution in [2.24, 2.45) is 0 Å². The van der Waals surface area contributed by atoms with Gasteiger partial charge in [-0.3, -0.25) is 10.1 Å². The maximum absolute atomic E-state index is 10.4. The summed E-state index contributed by atoms with van der Waals surface area (Å²) >= 11 is 7.32. The molecule has 0 radical (unpaired) electrons. The molecule has 0 atom stereocenters. The zero-order chi connectivity index (χ0) is 9.42. The van der Waals surface area contributed by atoms with Crippen molar-refractivity contribution < 1.29 is 4.92 Å². The Morgan fingerprint density at radius 3 is 2.92 bits per heavy atom. The predicted octanol–water partition coefficient (Wildman–Crippen LogP) is 3.46. The third-order valence-corrected chi connectivity index (χ3v) is 3.13. The van der Waals surface area contributed by atoms with Gasteiger partial charge in [-0.1, -0.05) is 11.6 Å². The lowest BCUT2D eigenvalue weighted by Crippen LogP contribution is -1.85. The summed E-state index contributed by atoms with van der Waals surface area (Å²) in [6.45, 7) is 0. The van der Waals surface area contributed by atoms with E-state index >= 15 is 0 Å². The molecule has 1 heterocycles. The number of rotatable bonds is 1. The minimum Gasteiger partial charge on any atom is -0.258 e. The number of thiophene rings is 1. The van der Waals surface area contributed by atoms with E-state index in [0.717, 1.165) is 10.1 Å². The number of hydrogen-bond donors (Lipinski definition) is 0. The molecule has 0 aliphatic heterocycles. The van der Waals surface area contributed by atoms with Gasteiger partial charge in [0.2, 0.25) is 0 Å². The Hall–Kier alpha value is -1.13. The van der Waals surface area contributed by atoms with Crippen LogP contribution in [0.5, 0.6) is 0 Å². The fourth-order valence-electron chi connectivity index (χ4n) is 1.10. The molecule has 0 amide bonds. The van der Waals surface area contributed by atoms with Crippen molar-refractivity contribution in [3.8, 4) is 0 Å². The van der Waals surface area contributed by atoms with Gasteiger partial charge in [-0.05, 0) is 6.07 Å². The first-order chi connectivity index (χ1) is 6.18. The van der Waals surface area contributed by atoms with Crippen LogP contribution in [0.4, 0.5) is 5.69 Å². The van der Waals surface area contributed by atoms with Gasteiger partial charge in [-0.25, -0.2) is 0 Å². The Balaban J connectivity index is 2.72. The quantitative estimate of drug-likeness (QED) is 0.538. The fourth-order valence-corrected chi connectivity index (χ4v) is 2.25. The lowest BCUT2D eigenvalue weighted by molar-refractivity contribution is -0.384. The van der Waals surface area contributed by atoms with Crippen LogP contribution in [0, 0.1) is 10.1 Å². The number of fused-ring (bicyclic) bond motifs is 1. The molecule has 1 aromatic carbocycles. The van der Waals surface area contributed by atoms with Crippen LogP contribution in [0.2, 0.25) is 5.02 Å². The van der Waals surface area contributed by atoms with E-state index in [4.69, 9.17) is 11.6 Å².